The third-order valence-electron chi connectivity index (χ3n) is 4.52. The molecule has 2 aromatic carbocycles. The van der Waals surface area contributed by atoms with Crippen molar-refractivity contribution in [2.24, 2.45) is 0 Å². The van der Waals surface area contributed by atoms with Gasteiger partial charge in [-0.3, -0.25) is 0 Å². The van der Waals surface area contributed by atoms with Crippen molar-refractivity contribution in [2.75, 3.05) is 23.7 Å². The summed E-state index contributed by atoms with van der Waals surface area (Å²) >= 11 is 6.01. The summed E-state index contributed by atoms with van der Waals surface area (Å²) in [5.41, 5.74) is 3.61. The Kier molecular flexibility index (Phi) is 5.68. The maximum atomic E-state index is 6.01. The van der Waals surface area contributed by atoms with E-state index >= 15 is 0 Å². The molecular weight excluding hydrogens is 372 g/mol. The molecule has 4 aromatic rings. The predicted octanol–water partition coefficient (Wildman–Crippen LogP) is 4.32. The molecule has 0 saturated heterocycles. The van der Waals surface area contributed by atoms with Crippen LogP contribution in [0.2, 0.25) is 5.02 Å². The number of rotatable bonds is 8. The maximum absolute atomic E-state index is 6.01. The number of benzene rings is 2. The molecule has 0 aliphatic carbocycles. The Morgan fingerprint density at radius 2 is 1.86 bits per heavy atom. The van der Waals surface area contributed by atoms with Crippen LogP contribution in [0.4, 0.5) is 11.8 Å². The van der Waals surface area contributed by atoms with Gasteiger partial charge < -0.3 is 15.6 Å². The fourth-order valence-electron chi connectivity index (χ4n) is 3.14. The van der Waals surface area contributed by atoms with E-state index in [9.17, 15) is 0 Å². The van der Waals surface area contributed by atoms with Gasteiger partial charge in [-0.15, -0.1) is 5.10 Å². The Labute approximate surface area is 168 Å². The molecule has 0 amide bonds. The Hall–Kier alpha value is -3.12. The molecule has 4 rings (SSSR count). The van der Waals surface area contributed by atoms with E-state index in [0.717, 1.165) is 29.9 Å². The van der Waals surface area contributed by atoms with Gasteiger partial charge in [0.05, 0.1) is 6.20 Å². The third kappa shape index (κ3) is 4.58. The highest BCUT2D eigenvalue weighted by molar-refractivity contribution is 6.30. The van der Waals surface area contributed by atoms with E-state index in [1.807, 2.05) is 24.3 Å². The van der Waals surface area contributed by atoms with Gasteiger partial charge in [0.25, 0.3) is 0 Å². The van der Waals surface area contributed by atoms with Crippen molar-refractivity contribution in [3.05, 3.63) is 77.1 Å². The molecule has 0 aliphatic rings. The van der Waals surface area contributed by atoms with Crippen molar-refractivity contribution in [2.45, 2.75) is 12.8 Å². The van der Waals surface area contributed by atoms with Crippen LogP contribution >= 0.6 is 11.6 Å². The van der Waals surface area contributed by atoms with Crippen molar-refractivity contribution < 1.29 is 0 Å². The van der Waals surface area contributed by atoms with Crippen LogP contribution in [-0.2, 0) is 12.8 Å². The summed E-state index contributed by atoms with van der Waals surface area (Å²) in [6.07, 6.45) is 5.43. The standard InChI is InChI=1S/C21H21ClN6/c22-17-5-3-4-15(12-17)8-10-24-21-27-20(14-26-28-21)23-11-9-16-13-25-19-7-2-1-6-18(16)19/h1-7,12-14,25H,8-11H2,(H2,23,24,27,28). The second kappa shape index (κ2) is 8.71. The number of aromatic nitrogens is 4. The highest BCUT2D eigenvalue weighted by atomic mass is 35.5. The topological polar surface area (TPSA) is 78.5 Å². The van der Waals surface area contributed by atoms with Gasteiger partial charge in [0.1, 0.15) is 0 Å². The van der Waals surface area contributed by atoms with Gasteiger partial charge in [0, 0.05) is 35.2 Å². The van der Waals surface area contributed by atoms with Crippen molar-refractivity contribution in [1.82, 2.24) is 20.2 Å². The number of anilines is 2. The van der Waals surface area contributed by atoms with E-state index in [4.69, 9.17) is 11.6 Å². The van der Waals surface area contributed by atoms with E-state index in [1.165, 1.54) is 16.5 Å². The van der Waals surface area contributed by atoms with E-state index in [2.05, 4.69) is 61.3 Å². The molecule has 0 aliphatic heterocycles. The first kappa shape index (κ1) is 18.3. The van der Waals surface area contributed by atoms with Gasteiger partial charge in [-0.2, -0.15) is 10.1 Å². The first-order valence-corrected chi connectivity index (χ1v) is 9.62. The second-order valence-electron chi connectivity index (χ2n) is 6.51. The molecule has 0 spiro atoms. The molecule has 7 heteroatoms. The number of para-hydroxylation sites is 1. The second-order valence-corrected chi connectivity index (χ2v) is 6.94. The highest BCUT2D eigenvalue weighted by Gasteiger charge is 2.04. The lowest BCUT2D eigenvalue weighted by molar-refractivity contribution is 0.916. The third-order valence-corrected chi connectivity index (χ3v) is 4.76. The molecule has 0 radical (unpaired) electrons. The molecule has 0 saturated carbocycles. The summed E-state index contributed by atoms with van der Waals surface area (Å²) < 4.78 is 0. The normalized spacial score (nSPS) is 10.9. The number of fused-ring (bicyclic) bond motifs is 1. The van der Waals surface area contributed by atoms with E-state index in [0.29, 0.717) is 18.3 Å². The minimum atomic E-state index is 0.513. The molecule has 0 unspecified atom stereocenters. The lowest BCUT2D eigenvalue weighted by Gasteiger charge is -2.08. The fraction of sp³-hybridized carbons (Fsp3) is 0.190. The van der Waals surface area contributed by atoms with Gasteiger partial charge >= 0.3 is 0 Å². The minimum Gasteiger partial charge on any atom is -0.368 e. The first-order chi connectivity index (χ1) is 13.8. The van der Waals surface area contributed by atoms with Gasteiger partial charge in [-0.05, 0) is 42.2 Å². The summed E-state index contributed by atoms with van der Waals surface area (Å²) in [6.45, 7) is 1.48. The monoisotopic (exact) mass is 392 g/mol. The Morgan fingerprint density at radius 3 is 2.79 bits per heavy atom. The Morgan fingerprint density at radius 1 is 0.964 bits per heavy atom. The van der Waals surface area contributed by atoms with Crippen molar-refractivity contribution in [1.29, 1.82) is 0 Å². The first-order valence-electron chi connectivity index (χ1n) is 9.25. The van der Waals surface area contributed by atoms with Crippen LogP contribution in [0.3, 0.4) is 0 Å². The van der Waals surface area contributed by atoms with Crippen LogP contribution in [0, 0.1) is 0 Å². The smallest absolute Gasteiger partial charge is 0.244 e. The van der Waals surface area contributed by atoms with E-state index in [-0.39, 0.29) is 0 Å². The van der Waals surface area contributed by atoms with Crippen LogP contribution in [0.15, 0.2) is 60.9 Å². The number of nitrogens with one attached hydrogen (secondary N) is 3. The summed E-state index contributed by atoms with van der Waals surface area (Å²) in [6, 6.07) is 16.2. The predicted molar refractivity (Wildman–Crippen MR) is 114 cm³/mol. The largest absolute Gasteiger partial charge is 0.368 e. The Balaban J connectivity index is 1.28. The molecule has 0 atom stereocenters. The summed E-state index contributed by atoms with van der Waals surface area (Å²) in [5, 5.41) is 16.6. The lowest BCUT2D eigenvalue weighted by atomic mass is 10.1. The fourth-order valence-corrected chi connectivity index (χ4v) is 3.35. The summed E-state index contributed by atoms with van der Waals surface area (Å²) in [5.74, 6) is 1.22. The molecule has 0 bridgehead atoms. The minimum absolute atomic E-state index is 0.513. The van der Waals surface area contributed by atoms with Gasteiger partial charge in [-0.1, -0.05) is 41.9 Å². The molecular formula is C21H21ClN6. The average molecular weight is 393 g/mol. The number of hydrogen-bond donors (Lipinski definition) is 3. The van der Waals surface area contributed by atoms with E-state index in [1.54, 1.807) is 6.20 Å². The molecule has 28 heavy (non-hydrogen) atoms. The highest BCUT2D eigenvalue weighted by Crippen LogP contribution is 2.18. The van der Waals surface area contributed by atoms with Crippen molar-refractivity contribution in [3.63, 3.8) is 0 Å². The van der Waals surface area contributed by atoms with Crippen LogP contribution in [0.25, 0.3) is 10.9 Å². The van der Waals surface area contributed by atoms with Crippen LogP contribution < -0.4 is 10.6 Å². The van der Waals surface area contributed by atoms with Crippen LogP contribution in [-0.4, -0.2) is 33.3 Å². The quantitative estimate of drug-likeness (QED) is 0.416. The number of nitrogens with zero attached hydrogens (tertiary/aromatic N) is 3. The van der Waals surface area contributed by atoms with Crippen molar-refractivity contribution >= 4 is 34.3 Å². The lowest BCUT2D eigenvalue weighted by Crippen LogP contribution is -2.12. The zero-order valence-electron chi connectivity index (χ0n) is 15.3. The van der Waals surface area contributed by atoms with Gasteiger partial charge in [0.2, 0.25) is 5.95 Å². The van der Waals surface area contributed by atoms with Crippen LogP contribution in [0.5, 0.6) is 0 Å². The number of H-pyrrole nitrogens is 1. The molecule has 2 heterocycles. The zero-order chi connectivity index (χ0) is 19.2. The molecule has 0 fully saturated rings. The molecule has 6 nitrogen and oxygen atoms in total. The molecule has 2 aromatic heterocycles. The number of aromatic amines is 1. The molecule has 3 N–H and O–H groups in total. The SMILES string of the molecule is Clc1cccc(CCNc2nncc(NCCc3c[nH]c4ccccc34)n2)c1. The zero-order valence-corrected chi connectivity index (χ0v) is 16.1. The van der Waals surface area contributed by atoms with E-state index < -0.39 is 0 Å². The van der Waals surface area contributed by atoms with Gasteiger partial charge in [0.15, 0.2) is 5.82 Å². The molecule has 142 valence electrons. The maximum Gasteiger partial charge on any atom is 0.244 e. The van der Waals surface area contributed by atoms with Crippen LogP contribution in [0.1, 0.15) is 11.1 Å². The number of halogens is 1. The van der Waals surface area contributed by atoms with Gasteiger partial charge in [-0.25, -0.2) is 0 Å². The summed E-state index contributed by atoms with van der Waals surface area (Å²) in [7, 11) is 0. The summed E-state index contributed by atoms with van der Waals surface area (Å²) in [4.78, 5) is 7.77. The van der Waals surface area contributed by atoms with Crippen molar-refractivity contribution in [3.8, 4) is 0 Å². The average Bonchev–Trinajstić information content (AvgIpc) is 3.12. The Bertz CT molecular complexity index is 1060. The number of hydrogen-bond acceptors (Lipinski definition) is 5.